The van der Waals surface area contributed by atoms with Crippen molar-refractivity contribution in [3.8, 4) is 11.3 Å². The van der Waals surface area contributed by atoms with E-state index in [0.29, 0.717) is 12.2 Å². The van der Waals surface area contributed by atoms with E-state index in [1.165, 1.54) is 0 Å². The van der Waals surface area contributed by atoms with Crippen molar-refractivity contribution in [1.82, 2.24) is 15.2 Å². The molecule has 1 aromatic carbocycles. The number of aryl methyl sites for hydroxylation is 1. The number of piperidine rings is 3. The molecule has 0 aliphatic carbocycles. The molecule has 3 fully saturated rings. The first kappa shape index (κ1) is 17.9. The first-order valence-electron chi connectivity index (χ1n) is 9.48. The highest BCUT2D eigenvalue weighted by Gasteiger charge is 2.45. The number of carbonyl (C=O) groups excluding carboxylic acids is 1. The van der Waals surface area contributed by atoms with Crippen LogP contribution in [0.25, 0.3) is 11.3 Å². The van der Waals surface area contributed by atoms with Crippen LogP contribution in [0.3, 0.4) is 0 Å². The zero-order valence-corrected chi connectivity index (χ0v) is 15.5. The second kappa shape index (κ2) is 6.94. The summed E-state index contributed by atoms with van der Waals surface area (Å²) in [5, 5.41) is 13.7. The minimum absolute atomic E-state index is 0.0660. The molecule has 3 N–H and O–H groups in total. The number of fused-ring (bicyclic) bond motifs is 3. The van der Waals surface area contributed by atoms with Gasteiger partial charge in [-0.1, -0.05) is 23.8 Å². The summed E-state index contributed by atoms with van der Waals surface area (Å²) in [5.41, 5.74) is 1.42. The van der Waals surface area contributed by atoms with Gasteiger partial charge >= 0.3 is 0 Å². The number of aromatic amines is 1. The molecule has 0 saturated carbocycles. The standard InChI is InChI=1S/C21H25N3O3/c1-14-3-2-4-15(11-14)18-6-5-17(20(26)23-18)19(25)22-12-21(27)13-24-9-7-16(21)8-10-24/h2-6,11,16,27H,7-10,12-13H2,1H3,(H,22,25)(H,23,26)/t21-/m1/s1. The molecule has 3 aliphatic heterocycles. The molecule has 2 aromatic rings. The Morgan fingerprint density at radius 3 is 2.70 bits per heavy atom. The highest BCUT2D eigenvalue weighted by Crippen LogP contribution is 2.35. The Hall–Kier alpha value is -2.44. The van der Waals surface area contributed by atoms with Gasteiger partial charge in [0.25, 0.3) is 11.5 Å². The van der Waals surface area contributed by atoms with Crippen LogP contribution in [0.2, 0.25) is 0 Å². The van der Waals surface area contributed by atoms with Gasteiger partial charge in [0.2, 0.25) is 0 Å². The number of amides is 1. The largest absolute Gasteiger partial charge is 0.386 e. The molecule has 6 nitrogen and oxygen atoms in total. The molecule has 5 rings (SSSR count). The number of rotatable bonds is 4. The van der Waals surface area contributed by atoms with Gasteiger partial charge in [-0.15, -0.1) is 0 Å². The van der Waals surface area contributed by atoms with Crippen LogP contribution in [0.4, 0.5) is 0 Å². The van der Waals surface area contributed by atoms with Gasteiger partial charge in [-0.2, -0.15) is 0 Å². The second-order valence-corrected chi connectivity index (χ2v) is 7.82. The van der Waals surface area contributed by atoms with Gasteiger partial charge in [-0.25, -0.2) is 0 Å². The molecular weight excluding hydrogens is 342 g/mol. The lowest BCUT2D eigenvalue weighted by atomic mass is 9.75. The summed E-state index contributed by atoms with van der Waals surface area (Å²) in [6.45, 7) is 4.78. The molecule has 6 heteroatoms. The van der Waals surface area contributed by atoms with Crippen molar-refractivity contribution in [2.75, 3.05) is 26.2 Å². The average molecular weight is 367 g/mol. The highest BCUT2D eigenvalue weighted by atomic mass is 16.3. The predicted molar refractivity (Wildman–Crippen MR) is 104 cm³/mol. The predicted octanol–water partition coefficient (Wildman–Crippen LogP) is 1.54. The normalized spacial score (nSPS) is 26.7. The minimum Gasteiger partial charge on any atom is -0.386 e. The lowest BCUT2D eigenvalue weighted by Crippen LogP contribution is -2.63. The quantitative estimate of drug-likeness (QED) is 0.765. The number of hydrogen-bond donors (Lipinski definition) is 3. The van der Waals surface area contributed by atoms with E-state index in [1.807, 2.05) is 31.2 Å². The van der Waals surface area contributed by atoms with E-state index in [4.69, 9.17) is 0 Å². The zero-order valence-electron chi connectivity index (χ0n) is 15.5. The smallest absolute Gasteiger partial charge is 0.261 e. The number of aromatic nitrogens is 1. The number of nitrogens with zero attached hydrogens (tertiary/aromatic N) is 1. The van der Waals surface area contributed by atoms with Gasteiger partial charge in [0.15, 0.2) is 0 Å². The molecule has 1 atom stereocenters. The van der Waals surface area contributed by atoms with Crippen molar-refractivity contribution in [3.63, 3.8) is 0 Å². The molecule has 0 radical (unpaired) electrons. The maximum atomic E-state index is 12.5. The van der Waals surface area contributed by atoms with Crippen LogP contribution >= 0.6 is 0 Å². The fourth-order valence-corrected chi connectivity index (χ4v) is 4.31. The van der Waals surface area contributed by atoms with Crippen LogP contribution in [-0.4, -0.2) is 52.7 Å². The van der Waals surface area contributed by atoms with E-state index in [2.05, 4.69) is 15.2 Å². The Morgan fingerprint density at radius 2 is 2.07 bits per heavy atom. The minimum atomic E-state index is -0.902. The van der Waals surface area contributed by atoms with Gasteiger partial charge in [0.1, 0.15) is 5.56 Å². The molecule has 3 saturated heterocycles. The molecule has 2 bridgehead atoms. The Morgan fingerprint density at radius 1 is 1.30 bits per heavy atom. The van der Waals surface area contributed by atoms with E-state index in [-0.39, 0.29) is 18.0 Å². The van der Waals surface area contributed by atoms with E-state index in [1.54, 1.807) is 12.1 Å². The SMILES string of the molecule is Cc1cccc(-c2ccc(C(=O)NC[C@@]3(O)CN4CCC3CC4)c(=O)[nH]2)c1. The summed E-state index contributed by atoms with van der Waals surface area (Å²) < 4.78 is 0. The monoisotopic (exact) mass is 367 g/mol. The summed E-state index contributed by atoms with van der Waals surface area (Å²) >= 11 is 0. The summed E-state index contributed by atoms with van der Waals surface area (Å²) in [7, 11) is 0. The van der Waals surface area contributed by atoms with Crippen molar-refractivity contribution in [3.05, 3.63) is 57.9 Å². The Bertz CT molecular complexity index is 915. The fraction of sp³-hybridized carbons (Fsp3) is 0.429. The third kappa shape index (κ3) is 3.55. The maximum absolute atomic E-state index is 12.5. The number of H-pyrrole nitrogens is 1. The van der Waals surface area contributed by atoms with Crippen molar-refractivity contribution < 1.29 is 9.90 Å². The van der Waals surface area contributed by atoms with Crippen molar-refractivity contribution in [2.45, 2.75) is 25.4 Å². The molecule has 4 heterocycles. The average Bonchev–Trinajstić information content (AvgIpc) is 2.67. The van der Waals surface area contributed by atoms with Crippen LogP contribution in [0.15, 0.2) is 41.2 Å². The molecule has 1 aromatic heterocycles. The molecule has 3 aliphatic rings. The third-order valence-corrected chi connectivity index (χ3v) is 5.88. The number of pyridine rings is 1. The molecule has 142 valence electrons. The second-order valence-electron chi connectivity index (χ2n) is 7.82. The van der Waals surface area contributed by atoms with Crippen LogP contribution in [0.5, 0.6) is 0 Å². The van der Waals surface area contributed by atoms with Crippen molar-refractivity contribution in [1.29, 1.82) is 0 Å². The van der Waals surface area contributed by atoms with Crippen molar-refractivity contribution in [2.24, 2.45) is 5.92 Å². The first-order chi connectivity index (χ1) is 12.9. The van der Waals surface area contributed by atoms with Gasteiger partial charge in [0.05, 0.1) is 5.60 Å². The molecule has 1 amide bonds. The lowest BCUT2D eigenvalue weighted by molar-refractivity contribution is -0.108. The zero-order chi connectivity index (χ0) is 19.0. The van der Waals surface area contributed by atoms with E-state index < -0.39 is 17.1 Å². The number of hydrogen-bond acceptors (Lipinski definition) is 4. The summed E-state index contributed by atoms with van der Waals surface area (Å²) in [4.78, 5) is 29.9. The number of nitrogens with one attached hydrogen (secondary N) is 2. The van der Waals surface area contributed by atoms with Gasteiger partial charge in [0, 0.05) is 18.8 Å². The molecule has 0 spiro atoms. The Labute approximate surface area is 158 Å². The van der Waals surface area contributed by atoms with Gasteiger partial charge < -0.3 is 20.3 Å². The maximum Gasteiger partial charge on any atom is 0.261 e. The topological polar surface area (TPSA) is 85.4 Å². The fourth-order valence-electron chi connectivity index (χ4n) is 4.31. The van der Waals surface area contributed by atoms with Gasteiger partial charge in [-0.05, 0) is 62.5 Å². The first-order valence-corrected chi connectivity index (χ1v) is 9.48. The number of aliphatic hydroxyl groups is 1. The Balaban J connectivity index is 1.47. The highest BCUT2D eigenvalue weighted by molar-refractivity contribution is 5.94. The van der Waals surface area contributed by atoms with Gasteiger partial charge in [-0.3, -0.25) is 9.59 Å². The molecule has 27 heavy (non-hydrogen) atoms. The van der Waals surface area contributed by atoms with Crippen LogP contribution in [0, 0.1) is 12.8 Å². The lowest BCUT2D eigenvalue weighted by Gasteiger charge is -2.50. The van der Waals surface area contributed by atoms with E-state index in [0.717, 1.165) is 37.1 Å². The summed E-state index contributed by atoms with van der Waals surface area (Å²) in [5.74, 6) is -0.235. The van der Waals surface area contributed by atoms with Crippen LogP contribution in [-0.2, 0) is 0 Å². The molecule has 0 unspecified atom stereocenters. The van der Waals surface area contributed by atoms with Crippen LogP contribution in [0.1, 0.15) is 28.8 Å². The summed E-state index contributed by atoms with van der Waals surface area (Å²) in [6, 6.07) is 11.1. The summed E-state index contributed by atoms with van der Waals surface area (Å²) in [6.07, 6.45) is 1.91. The van der Waals surface area contributed by atoms with Crippen LogP contribution < -0.4 is 10.9 Å². The molecular formula is C21H25N3O3. The van der Waals surface area contributed by atoms with E-state index >= 15 is 0 Å². The van der Waals surface area contributed by atoms with E-state index in [9.17, 15) is 14.7 Å². The number of carbonyl (C=O) groups is 1. The Kier molecular flexibility index (Phi) is 4.61. The van der Waals surface area contributed by atoms with Crippen molar-refractivity contribution >= 4 is 5.91 Å². The third-order valence-electron chi connectivity index (χ3n) is 5.88. The number of benzene rings is 1.